The number of likely N-dealkylation sites (tertiary alicyclic amines) is 1. The van der Waals surface area contributed by atoms with Crippen LogP contribution in [0.1, 0.15) is 36.0 Å². The number of anilines is 1. The lowest BCUT2D eigenvalue weighted by molar-refractivity contribution is -0.117. The molecule has 31 heavy (non-hydrogen) atoms. The van der Waals surface area contributed by atoms with Crippen LogP contribution in [0.3, 0.4) is 0 Å². The fourth-order valence-electron chi connectivity index (χ4n) is 3.74. The molecule has 7 nitrogen and oxygen atoms in total. The molecule has 1 aromatic carbocycles. The molecule has 2 aromatic heterocycles. The van der Waals surface area contributed by atoms with E-state index in [1.165, 1.54) is 4.90 Å². The molecule has 2 fully saturated rings. The van der Waals surface area contributed by atoms with E-state index in [1.807, 2.05) is 12.1 Å². The van der Waals surface area contributed by atoms with Crippen LogP contribution < -0.4 is 5.32 Å². The standard InChI is InChI=1S/C22H21F2N5O2/c23-22(24)10-12-28(13-11-22)20(31)16-8-4-14(5-9-16)17-2-1-3-18-25-21(27-29(17)18)26-19(30)15-6-7-15/h1-5,8-9,15H,6-7,10-13H2,(H,26,27,30). The van der Waals surface area contributed by atoms with E-state index >= 15 is 0 Å². The second kappa shape index (κ2) is 7.40. The Morgan fingerprint density at radius 3 is 2.42 bits per heavy atom. The van der Waals surface area contributed by atoms with Gasteiger partial charge in [0.1, 0.15) is 0 Å². The number of fused-ring (bicyclic) bond motifs is 1. The zero-order valence-corrected chi connectivity index (χ0v) is 16.7. The first-order chi connectivity index (χ1) is 14.9. The minimum Gasteiger partial charge on any atom is -0.338 e. The highest BCUT2D eigenvalue weighted by Crippen LogP contribution is 2.30. The van der Waals surface area contributed by atoms with Crippen molar-refractivity contribution in [3.63, 3.8) is 0 Å². The summed E-state index contributed by atoms with van der Waals surface area (Å²) in [6.45, 7) is 0.113. The molecule has 0 atom stereocenters. The van der Waals surface area contributed by atoms with Crippen LogP contribution in [-0.4, -0.2) is 50.3 Å². The van der Waals surface area contributed by atoms with Crippen molar-refractivity contribution < 1.29 is 18.4 Å². The Morgan fingerprint density at radius 2 is 1.74 bits per heavy atom. The predicted octanol–water partition coefficient (Wildman–Crippen LogP) is 3.62. The molecule has 2 aliphatic rings. The van der Waals surface area contributed by atoms with Crippen LogP contribution in [0.5, 0.6) is 0 Å². The summed E-state index contributed by atoms with van der Waals surface area (Å²) in [5, 5.41) is 7.16. The zero-order valence-electron chi connectivity index (χ0n) is 16.7. The molecule has 3 heterocycles. The van der Waals surface area contributed by atoms with E-state index in [9.17, 15) is 18.4 Å². The number of nitrogens with zero attached hydrogens (tertiary/aromatic N) is 4. The van der Waals surface area contributed by atoms with Gasteiger partial charge in [-0.25, -0.2) is 13.3 Å². The summed E-state index contributed by atoms with van der Waals surface area (Å²) >= 11 is 0. The van der Waals surface area contributed by atoms with E-state index in [-0.39, 0.29) is 49.6 Å². The van der Waals surface area contributed by atoms with Crippen LogP contribution >= 0.6 is 0 Å². The van der Waals surface area contributed by atoms with Crippen LogP contribution in [0.15, 0.2) is 42.5 Å². The third-order valence-corrected chi connectivity index (χ3v) is 5.75. The van der Waals surface area contributed by atoms with Crippen LogP contribution in [0, 0.1) is 5.92 Å². The molecular weight excluding hydrogens is 404 g/mol. The van der Waals surface area contributed by atoms with Gasteiger partial charge in [0.25, 0.3) is 11.8 Å². The van der Waals surface area contributed by atoms with Gasteiger partial charge in [-0.2, -0.15) is 4.98 Å². The number of nitrogens with one attached hydrogen (secondary N) is 1. The largest absolute Gasteiger partial charge is 0.338 e. The maximum Gasteiger partial charge on any atom is 0.253 e. The van der Waals surface area contributed by atoms with Gasteiger partial charge in [-0.15, -0.1) is 5.10 Å². The van der Waals surface area contributed by atoms with Crippen molar-refractivity contribution in [3.8, 4) is 11.3 Å². The monoisotopic (exact) mass is 425 g/mol. The Bertz CT molecular complexity index is 1140. The Hall–Kier alpha value is -3.36. The number of amides is 2. The second-order valence-electron chi connectivity index (χ2n) is 8.11. The van der Waals surface area contributed by atoms with E-state index in [2.05, 4.69) is 15.4 Å². The molecule has 1 saturated carbocycles. The number of rotatable bonds is 4. The average Bonchev–Trinajstić information content (AvgIpc) is 3.53. The molecular formula is C22H21F2N5O2. The quantitative estimate of drug-likeness (QED) is 0.693. The number of carbonyl (C=O) groups is 2. The van der Waals surface area contributed by atoms with E-state index in [4.69, 9.17) is 0 Å². The SMILES string of the molecule is O=C(Nc1nc2cccc(-c3ccc(C(=O)N4CCC(F)(F)CC4)cc3)n2n1)C1CC1. The molecule has 0 bridgehead atoms. The van der Waals surface area contributed by atoms with Crippen molar-refractivity contribution in [1.29, 1.82) is 0 Å². The summed E-state index contributed by atoms with van der Waals surface area (Å²) in [6.07, 6.45) is 1.19. The first-order valence-corrected chi connectivity index (χ1v) is 10.3. The second-order valence-corrected chi connectivity index (χ2v) is 8.11. The van der Waals surface area contributed by atoms with Crippen molar-refractivity contribution in [3.05, 3.63) is 48.0 Å². The third-order valence-electron chi connectivity index (χ3n) is 5.75. The average molecular weight is 425 g/mol. The molecule has 0 spiro atoms. The first kappa shape index (κ1) is 19.6. The molecule has 1 aliphatic heterocycles. The molecule has 0 unspecified atom stereocenters. The topological polar surface area (TPSA) is 79.6 Å². The van der Waals surface area contributed by atoms with Crippen LogP contribution in [0.2, 0.25) is 0 Å². The molecule has 1 N–H and O–H groups in total. The molecule has 2 amide bonds. The number of halogens is 2. The number of alkyl halides is 2. The number of piperidine rings is 1. The third kappa shape index (κ3) is 3.99. The van der Waals surface area contributed by atoms with E-state index in [0.717, 1.165) is 24.1 Å². The maximum absolute atomic E-state index is 13.4. The summed E-state index contributed by atoms with van der Waals surface area (Å²) in [7, 11) is 0. The number of pyridine rings is 1. The Kier molecular flexibility index (Phi) is 4.68. The normalized spacial score (nSPS) is 18.2. The highest BCUT2D eigenvalue weighted by molar-refractivity contribution is 5.95. The number of hydrogen-bond acceptors (Lipinski definition) is 4. The van der Waals surface area contributed by atoms with Gasteiger partial charge < -0.3 is 4.90 Å². The maximum atomic E-state index is 13.4. The summed E-state index contributed by atoms with van der Waals surface area (Å²) in [5.41, 5.74) is 2.63. The number of carbonyl (C=O) groups excluding carboxylic acids is 2. The van der Waals surface area contributed by atoms with Crippen molar-refractivity contribution >= 4 is 23.4 Å². The van der Waals surface area contributed by atoms with Crippen LogP contribution in [-0.2, 0) is 4.79 Å². The van der Waals surface area contributed by atoms with Crippen molar-refractivity contribution in [2.45, 2.75) is 31.6 Å². The lowest BCUT2D eigenvalue weighted by Gasteiger charge is -2.31. The predicted molar refractivity (Wildman–Crippen MR) is 110 cm³/mol. The molecule has 9 heteroatoms. The summed E-state index contributed by atoms with van der Waals surface area (Å²) < 4.78 is 28.3. The molecule has 5 rings (SSSR count). The molecule has 0 radical (unpaired) electrons. The van der Waals surface area contributed by atoms with E-state index in [0.29, 0.717) is 11.2 Å². The highest BCUT2D eigenvalue weighted by atomic mass is 19.3. The van der Waals surface area contributed by atoms with Crippen LogP contribution in [0.25, 0.3) is 16.9 Å². The lowest BCUT2D eigenvalue weighted by Crippen LogP contribution is -2.42. The minimum atomic E-state index is -2.69. The van der Waals surface area contributed by atoms with Gasteiger partial charge in [0, 0.05) is 43.0 Å². The zero-order chi connectivity index (χ0) is 21.6. The first-order valence-electron chi connectivity index (χ1n) is 10.3. The highest BCUT2D eigenvalue weighted by Gasteiger charge is 2.35. The number of hydrogen-bond donors (Lipinski definition) is 1. The van der Waals surface area contributed by atoms with Gasteiger partial charge >= 0.3 is 0 Å². The summed E-state index contributed by atoms with van der Waals surface area (Å²) in [4.78, 5) is 30.5. The van der Waals surface area contributed by atoms with Crippen LogP contribution in [0.4, 0.5) is 14.7 Å². The fraction of sp³-hybridized carbons (Fsp3) is 0.364. The van der Waals surface area contributed by atoms with Crippen molar-refractivity contribution in [1.82, 2.24) is 19.5 Å². The molecule has 1 aliphatic carbocycles. The van der Waals surface area contributed by atoms with Gasteiger partial charge in [-0.05, 0) is 37.1 Å². The Morgan fingerprint density at radius 1 is 1.03 bits per heavy atom. The number of benzene rings is 1. The van der Waals surface area contributed by atoms with E-state index in [1.54, 1.807) is 34.8 Å². The molecule has 160 valence electrons. The van der Waals surface area contributed by atoms with Gasteiger partial charge in [0.05, 0.1) is 5.69 Å². The number of aromatic nitrogens is 3. The smallest absolute Gasteiger partial charge is 0.253 e. The summed E-state index contributed by atoms with van der Waals surface area (Å²) in [5.74, 6) is -2.67. The van der Waals surface area contributed by atoms with Crippen molar-refractivity contribution in [2.24, 2.45) is 5.92 Å². The Labute approximate surface area is 177 Å². The molecule has 3 aromatic rings. The van der Waals surface area contributed by atoms with Gasteiger partial charge in [-0.1, -0.05) is 18.2 Å². The van der Waals surface area contributed by atoms with E-state index < -0.39 is 5.92 Å². The lowest BCUT2D eigenvalue weighted by atomic mass is 10.0. The van der Waals surface area contributed by atoms with Gasteiger partial charge in [-0.3, -0.25) is 14.9 Å². The Balaban J connectivity index is 1.36. The van der Waals surface area contributed by atoms with Crippen molar-refractivity contribution in [2.75, 3.05) is 18.4 Å². The molecule has 1 saturated heterocycles. The van der Waals surface area contributed by atoms with Gasteiger partial charge in [0.15, 0.2) is 5.65 Å². The summed E-state index contributed by atoms with van der Waals surface area (Å²) in [6, 6.07) is 12.5. The minimum absolute atomic E-state index is 0.0567. The fourth-order valence-corrected chi connectivity index (χ4v) is 3.74. The van der Waals surface area contributed by atoms with Gasteiger partial charge in [0.2, 0.25) is 11.9 Å².